The van der Waals surface area contributed by atoms with Crippen LogP contribution in [0.3, 0.4) is 0 Å². The number of carbonyl (C=O) groups is 2. The van der Waals surface area contributed by atoms with Crippen molar-refractivity contribution in [3.05, 3.63) is 94.2 Å². The highest BCUT2D eigenvalue weighted by molar-refractivity contribution is 7.92. The molecular weight excluding hydrogens is 564 g/mol. The standard InChI is InChI=1S/C28H30Cl2FN3O4S/c1-3-4-16-32-28(36)20(2)33(18-21-14-15-23(29)24(30)17-21)27(35)19-34(26-13-9-8-12-25(26)31)39(37,38)22-10-6-5-7-11-22/h5-15,17,20H,3-4,16,18-19H2,1-2H3,(H,32,36)/t20-/m0/s1. The Morgan fingerprint density at radius 2 is 1.64 bits per heavy atom. The largest absolute Gasteiger partial charge is 0.354 e. The zero-order valence-corrected chi connectivity index (χ0v) is 23.9. The van der Waals surface area contributed by atoms with Gasteiger partial charge in [-0.1, -0.05) is 72.9 Å². The first-order valence-corrected chi connectivity index (χ1v) is 14.6. The van der Waals surface area contributed by atoms with Crippen LogP contribution in [0.5, 0.6) is 0 Å². The average molecular weight is 595 g/mol. The Labute approximate surface area is 238 Å². The van der Waals surface area contributed by atoms with Crippen LogP contribution in [-0.2, 0) is 26.2 Å². The number of anilines is 1. The third-order valence-electron chi connectivity index (χ3n) is 6.07. The summed E-state index contributed by atoms with van der Waals surface area (Å²) in [6.07, 6.45) is 1.63. The van der Waals surface area contributed by atoms with Crippen LogP contribution in [0.2, 0.25) is 10.0 Å². The molecule has 0 radical (unpaired) electrons. The second-order valence-electron chi connectivity index (χ2n) is 8.87. The Morgan fingerprint density at radius 1 is 0.974 bits per heavy atom. The molecule has 2 amide bonds. The van der Waals surface area contributed by atoms with E-state index < -0.39 is 40.2 Å². The van der Waals surface area contributed by atoms with Crippen LogP contribution >= 0.6 is 23.2 Å². The highest BCUT2D eigenvalue weighted by atomic mass is 35.5. The molecule has 39 heavy (non-hydrogen) atoms. The molecule has 0 bridgehead atoms. The van der Waals surface area contributed by atoms with Gasteiger partial charge in [-0.2, -0.15) is 0 Å². The van der Waals surface area contributed by atoms with Crippen molar-refractivity contribution in [1.82, 2.24) is 10.2 Å². The van der Waals surface area contributed by atoms with Crippen LogP contribution in [0.4, 0.5) is 10.1 Å². The van der Waals surface area contributed by atoms with E-state index in [2.05, 4.69) is 5.32 Å². The molecule has 0 saturated carbocycles. The highest BCUT2D eigenvalue weighted by Crippen LogP contribution is 2.27. The summed E-state index contributed by atoms with van der Waals surface area (Å²) in [4.78, 5) is 27.9. The van der Waals surface area contributed by atoms with Gasteiger partial charge in [0.15, 0.2) is 0 Å². The van der Waals surface area contributed by atoms with Crippen molar-refractivity contribution >= 4 is 50.7 Å². The normalized spacial score (nSPS) is 12.0. The van der Waals surface area contributed by atoms with Gasteiger partial charge in [-0.3, -0.25) is 13.9 Å². The minimum absolute atomic E-state index is 0.0609. The number of unbranched alkanes of at least 4 members (excludes halogenated alkanes) is 1. The summed E-state index contributed by atoms with van der Waals surface area (Å²) in [7, 11) is -4.35. The molecule has 0 aliphatic heterocycles. The fraction of sp³-hybridized carbons (Fsp3) is 0.286. The Balaban J connectivity index is 2.01. The van der Waals surface area contributed by atoms with Crippen molar-refractivity contribution in [2.45, 2.75) is 44.2 Å². The number of amides is 2. The summed E-state index contributed by atoms with van der Waals surface area (Å²) in [5.41, 5.74) is 0.290. The topological polar surface area (TPSA) is 86.8 Å². The summed E-state index contributed by atoms with van der Waals surface area (Å²) >= 11 is 12.2. The first-order chi connectivity index (χ1) is 18.6. The summed E-state index contributed by atoms with van der Waals surface area (Å²) in [5.74, 6) is -1.92. The quantitative estimate of drug-likeness (QED) is 0.274. The van der Waals surface area contributed by atoms with Gasteiger partial charge < -0.3 is 10.2 Å². The molecule has 0 fully saturated rings. The second-order valence-corrected chi connectivity index (χ2v) is 11.5. The van der Waals surface area contributed by atoms with Crippen molar-refractivity contribution in [2.24, 2.45) is 0 Å². The minimum Gasteiger partial charge on any atom is -0.354 e. The number of nitrogens with zero attached hydrogens (tertiary/aromatic N) is 2. The lowest BCUT2D eigenvalue weighted by Gasteiger charge is -2.32. The second kappa shape index (κ2) is 13.8. The molecular formula is C28H30Cl2FN3O4S. The van der Waals surface area contributed by atoms with Crippen LogP contribution in [0.1, 0.15) is 32.3 Å². The van der Waals surface area contributed by atoms with Gasteiger partial charge in [0, 0.05) is 13.1 Å². The van der Waals surface area contributed by atoms with E-state index in [1.165, 1.54) is 47.4 Å². The number of rotatable bonds is 12. The summed E-state index contributed by atoms with van der Waals surface area (Å²) < 4.78 is 42.9. The van der Waals surface area contributed by atoms with Gasteiger partial charge in [0.25, 0.3) is 10.0 Å². The van der Waals surface area contributed by atoms with E-state index >= 15 is 0 Å². The molecule has 208 valence electrons. The molecule has 0 aliphatic carbocycles. The molecule has 3 rings (SSSR count). The first kappa shape index (κ1) is 30.4. The molecule has 7 nitrogen and oxygen atoms in total. The zero-order valence-electron chi connectivity index (χ0n) is 21.6. The van der Waals surface area contributed by atoms with Crippen molar-refractivity contribution in [3.63, 3.8) is 0 Å². The molecule has 0 spiro atoms. The number of benzene rings is 3. The lowest BCUT2D eigenvalue weighted by molar-refractivity contribution is -0.139. The number of para-hydroxylation sites is 1. The Kier molecular flexibility index (Phi) is 10.7. The van der Waals surface area contributed by atoms with Gasteiger partial charge in [0.2, 0.25) is 11.8 Å². The first-order valence-electron chi connectivity index (χ1n) is 12.4. The summed E-state index contributed by atoms with van der Waals surface area (Å²) in [6, 6.07) is 16.6. The molecule has 11 heteroatoms. The van der Waals surface area contributed by atoms with Gasteiger partial charge in [-0.25, -0.2) is 12.8 Å². The fourth-order valence-electron chi connectivity index (χ4n) is 3.84. The molecule has 0 aliphatic rings. The number of sulfonamides is 1. The number of hydrogen-bond donors (Lipinski definition) is 1. The van der Waals surface area contributed by atoms with Crippen LogP contribution in [0.25, 0.3) is 0 Å². The van der Waals surface area contributed by atoms with E-state index in [1.807, 2.05) is 6.92 Å². The van der Waals surface area contributed by atoms with Gasteiger partial charge >= 0.3 is 0 Å². The number of halogens is 3. The molecule has 1 atom stereocenters. The SMILES string of the molecule is CCCCNC(=O)[C@H](C)N(Cc1ccc(Cl)c(Cl)c1)C(=O)CN(c1ccccc1F)S(=O)(=O)c1ccccc1. The van der Waals surface area contributed by atoms with E-state index in [9.17, 15) is 22.4 Å². The maximum absolute atomic E-state index is 14.9. The van der Waals surface area contributed by atoms with E-state index in [4.69, 9.17) is 23.2 Å². The van der Waals surface area contributed by atoms with E-state index in [0.29, 0.717) is 17.1 Å². The third-order valence-corrected chi connectivity index (χ3v) is 8.58. The monoisotopic (exact) mass is 593 g/mol. The lowest BCUT2D eigenvalue weighted by atomic mass is 10.1. The van der Waals surface area contributed by atoms with Crippen LogP contribution in [0, 0.1) is 5.82 Å². The average Bonchev–Trinajstić information content (AvgIpc) is 2.92. The van der Waals surface area contributed by atoms with Crippen LogP contribution < -0.4 is 9.62 Å². The van der Waals surface area contributed by atoms with Crippen molar-refractivity contribution in [2.75, 3.05) is 17.4 Å². The van der Waals surface area contributed by atoms with E-state index in [1.54, 1.807) is 31.2 Å². The van der Waals surface area contributed by atoms with Crippen molar-refractivity contribution in [1.29, 1.82) is 0 Å². The van der Waals surface area contributed by atoms with Crippen molar-refractivity contribution in [3.8, 4) is 0 Å². The summed E-state index contributed by atoms with van der Waals surface area (Å²) in [5, 5.41) is 3.39. The molecule has 1 N–H and O–H groups in total. The lowest BCUT2D eigenvalue weighted by Crippen LogP contribution is -2.51. The maximum Gasteiger partial charge on any atom is 0.264 e. The number of hydrogen-bond acceptors (Lipinski definition) is 4. The van der Waals surface area contributed by atoms with Crippen LogP contribution in [0.15, 0.2) is 77.7 Å². The number of nitrogens with one attached hydrogen (secondary N) is 1. The molecule has 0 saturated heterocycles. The zero-order chi connectivity index (χ0) is 28.6. The molecule has 0 unspecified atom stereocenters. The van der Waals surface area contributed by atoms with Gasteiger partial charge in [-0.15, -0.1) is 0 Å². The molecule has 0 heterocycles. The van der Waals surface area contributed by atoms with Crippen molar-refractivity contribution < 1.29 is 22.4 Å². The predicted octanol–water partition coefficient (Wildman–Crippen LogP) is 5.66. The fourth-order valence-corrected chi connectivity index (χ4v) is 5.60. The Morgan fingerprint density at radius 3 is 2.28 bits per heavy atom. The van der Waals surface area contributed by atoms with E-state index in [-0.39, 0.29) is 22.2 Å². The van der Waals surface area contributed by atoms with E-state index in [0.717, 1.165) is 23.2 Å². The number of carbonyl (C=O) groups excluding carboxylic acids is 2. The third kappa shape index (κ3) is 7.71. The molecule has 0 aromatic heterocycles. The Bertz CT molecular complexity index is 1410. The Hall–Kier alpha value is -3.14. The summed E-state index contributed by atoms with van der Waals surface area (Å²) in [6.45, 7) is 3.16. The predicted molar refractivity (Wildman–Crippen MR) is 152 cm³/mol. The highest BCUT2D eigenvalue weighted by Gasteiger charge is 2.33. The van der Waals surface area contributed by atoms with Gasteiger partial charge in [0.05, 0.1) is 20.6 Å². The van der Waals surface area contributed by atoms with Crippen LogP contribution in [-0.4, -0.2) is 44.3 Å². The molecule has 3 aromatic rings. The maximum atomic E-state index is 14.9. The molecule has 3 aromatic carbocycles. The van der Waals surface area contributed by atoms with Gasteiger partial charge in [-0.05, 0) is 55.3 Å². The minimum atomic E-state index is -4.35. The van der Waals surface area contributed by atoms with Gasteiger partial charge in [0.1, 0.15) is 18.4 Å². The smallest absolute Gasteiger partial charge is 0.264 e.